The largest absolute Gasteiger partial charge is 0.452 e. The van der Waals surface area contributed by atoms with Gasteiger partial charge < -0.3 is 14.4 Å². The highest BCUT2D eigenvalue weighted by Crippen LogP contribution is 2.35. The lowest BCUT2D eigenvalue weighted by atomic mass is 10.1. The summed E-state index contributed by atoms with van der Waals surface area (Å²) >= 11 is 0. The molecule has 1 aliphatic rings. The van der Waals surface area contributed by atoms with Crippen LogP contribution in [0.1, 0.15) is 29.8 Å². The van der Waals surface area contributed by atoms with Crippen molar-refractivity contribution in [3.05, 3.63) is 69.5 Å². The standard InChI is InChI=1S/C20H18N2O6/c1-3-21(4-2)20(24)27-15-8-9-16-17(12-15)28-18(19(16)23)11-13-6-5-7-14(10-13)22(25)26/h5-12H,3-4H2,1-2H3/b18-11-. The van der Waals surface area contributed by atoms with E-state index >= 15 is 0 Å². The molecule has 0 unspecified atom stereocenters. The molecule has 0 bridgehead atoms. The maximum absolute atomic E-state index is 12.5. The van der Waals surface area contributed by atoms with Gasteiger partial charge in [-0.25, -0.2) is 4.79 Å². The number of fused-ring (bicyclic) bond motifs is 1. The molecule has 0 aromatic heterocycles. The molecule has 1 heterocycles. The van der Waals surface area contributed by atoms with Crippen molar-refractivity contribution in [2.45, 2.75) is 13.8 Å². The van der Waals surface area contributed by atoms with Crippen LogP contribution in [0, 0.1) is 10.1 Å². The van der Waals surface area contributed by atoms with Gasteiger partial charge in [-0.2, -0.15) is 0 Å². The molecule has 0 radical (unpaired) electrons. The van der Waals surface area contributed by atoms with E-state index in [4.69, 9.17) is 9.47 Å². The monoisotopic (exact) mass is 382 g/mol. The Labute approximate surface area is 161 Å². The maximum Gasteiger partial charge on any atom is 0.415 e. The average molecular weight is 382 g/mol. The molecule has 3 rings (SSSR count). The second-order valence-corrected chi connectivity index (χ2v) is 5.99. The Hall–Kier alpha value is -3.68. The minimum Gasteiger partial charge on any atom is -0.452 e. The summed E-state index contributed by atoms with van der Waals surface area (Å²) in [6.07, 6.45) is 0.957. The van der Waals surface area contributed by atoms with E-state index in [1.807, 2.05) is 13.8 Å². The summed E-state index contributed by atoms with van der Waals surface area (Å²) in [5.74, 6) is 0.234. The number of amides is 1. The number of hydrogen-bond donors (Lipinski definition) is 0. The van der Waals surface area contributed by atoms with Crippen LogP contribution in [0.5, 0.6) is 11.5 Å². The van der Waals surface area contributed by atoms with Gasteiger partial charge >= 0.3 is 6.09 Å². The molecule has 144 valence electrons. The molecule has 0 atom stereocenters. The van der Waals surface area contributed by atoms with Gasteiger partial charge in [-0.1, -0.05) is 12.1 Å². The molecule has 0 aliphatic carbocycles. The molecule has 1 aliphatic heterocycles. The third kappa shape index (κ3) is 3.85. The van der Waals surface area contributed by atoms with Crippen molar-refractivity contribution in [1.29, 1.82) is 0 Å². The van der Waals surface area contributed by atoms with Crippen LogP contribution in [0.15, 0.2) is 48.2 Å². The van der Waals surface area contributed by atoms with E-state index in [1.54, 1.807) is 6.07 Å². The topological polar surface area (TPSA) is 99.0 Å². The summed E-state index contributed by atoms with van der Waals surface area (Å²) in [5, 5.41) is 10.9. The number of nitro benzene ring substituents is 1. The Balaban J connectivity index is 1.82. The van der Waals surface area contributed by atoms with E-state index in [1.165, 1.54) is 47.4 Å². The van der Waals surface area contributed by atoms with Crippen molar-refractivity contribution >= 4 is 23.6 Å². The number of hydrogen-bond acceptors (Lipinski definition) is 6. The van der Waals surface area contributed by atoms with E-state index < -0.39 is 11.0 Å². The molecule has 1 amide bonds. The van der Waals surface area contributed by atoms with Gasteiger partial charge in [-0.3, -0.25) is 14.9 Å². The van der Waals surface area contributed by atoms with Gasteiger partial charge in [0.05, 0.1) is 10.5 Å². The second-order valence-electron chi connectivity index (χ2n) is 5.99. The van der Waals surface area contributed by atoms with Crippen LogP contribution in [0.2, 0.25) is 0 Å². The van der Waals surface area contributed by atoms with Gasteiger partial charge in [0.1, 0.15) is 11.5 Å². The summed E-state index contributed by atoms with van der Waals surface area (Å²) < 4.78 is 10.9. The Bertz CT molecular complexity index is 978. The Morgan fingerprint density at radius 1 is 1.21 bits per heavy atom. The van der Waals surface area contributed by atoms with Crippen LogP contribution in [0.3, 0.4) is 0 Å². The van der Waals surface area contributed by atoms with Crippen molar-refractivity contribution in [3.63, 3.8) is 0 Å². The van der Waals surface area contributed by atoms with E-state index in [-0.39, 0.29) is 28.7 Å². The Morgan fingerprint density at radius 2 is 1.96 bits per heavy atom. The molecule has 28 heavy (non-hydrogen) atoms. The van der Waals surface area contributed by atoms with Gasteiger partial charge in [0, 0.05) is 31.3 Å². The second kappa shape index (κ2) is 7.91. The first-order chi connectivity index (χ1) is 13.4. The zero-order valence-corrected chi connectivity index (χ0v) is 15.4. The number of allylic oxidation sites excluding steroid dienone is 1. The van der Waals surface area contributed by atoms with Crippen LogP contribution in [-0.4, -0.2) is 34.8 Å². The number of ketones is 1. The van der Waals surface area contributed by atoms with Crippen LogP contribution >= 0.6 is 0 Å². The van der Waals surface area contributed by atoms with Gasteiger partial charge in [-0.05, 0) is 37.6 Å². The molecule has 2 aromatic carbocycles. The van der Waals surface area contributed by atoms with Gasteiger partial charge in [0.25, 0.3) is 5.69 Å². The average Bonchev–Trinajstić information content (AvgIpc) is 2.98. The number of carbonyl (C=O) groups excluding carboxylic acids is 2. The van der Waals surface area contributed by atoms with Crippen molar-refractivity contribution in [2.75, 3.05) is 13.1 Å². The molecule has 2 aromatic rings. The van der Waals surface area contributed by atoms with Crippen molar-refractivity contribution in [3.8, 4) is 11.5 Å². The maximum atomic E-state index is 12.5. The van der Waals surface area contributed by atoms with Gasteiger partial charge in [0.2, 0.25) is 5.78 Å². The minimum absolute atomic E-state index is 0.0442. The number of non-ortho nitro benzene ring substituents is 1. The Kier molecular flexibility index (Phi) is 5.39. The fourth-order valence-electron chi connectivity index (χ4n) is 2.76. The minimum atomic E-state index is -0.509. The lowest BCUT2D eigenvalue weighted by molar-refractivity contribution is -0.384. The number of ether oxygens (including phenoxy) is 2. The molecule has 0 saturated heterocycles. The molecular formula is C20H18N2O6. The lowest BCUT2D eigenvalue weighted by Gasteiger charge is -2.17. The van der Waals surface area contributed by atoms with Crippen LogP contribution in [0.4, 0.5) is 10.5 Å². The van der Waals surface area contributed by atoms with Crippen LogP contribution in [0.25, 0.3) is 6.08 Å². The first-order valence-corrected chi connectivity index (χ1v) is 8.72. The van der Waals surface area contributed by atoms with Gasteiger partial charge in [-0.15, -0.1) is 0 Å². The normalized spacial score (nSPS) is 13.8. The van der Waals surface area contributed by atoms with E-state index in [0.29, 0.717) is 24.2 Å². The van der Waals surface area contributed by atoms with Crippen molar-refractivity contribution < 1.29 is 24.0 Å². The third-order valence-corrected chi connectivity index (χ3v) is 4.25. The third-order valence-electron chi connectivity index (χ3n) is 4.25. The lowest BCUT2D eigenvalue weighted by Crippen LogP contribution is -2.33. The summed E-state index contributed by atoms with van der Waals surface area (Å²) in [7, 11) is 0. The van der Waals surface area contributed by atoms with Crippen LogP contribution in [-0.2, 0) is 0 Å². The SMILES string of the molecule is CCN(CC)C(=O)Oc1ccc2c(c1)O/C(=C\c1cccc([N+](=O)[O-])c1)C2=O. The molecular weight excluding hydrogens is 364 g/mol. The number of rotatable bonds is 5. The highest BCUT2D eigenvalue weighted by molar-refractivity contribution is 6.14. The number of benzene rings is 2. The van der Waals surface area contributed by atoms with E-state index in [0.717, 1.165) is 0 Å². The van der Waals surface area contributed by atoms with Crippen molar-refractivity contribution in [1.82, 2.24) is 4.90 Å². The molecule has 0 saturated carbocycles. The molecule has 0 fully saturated rings. The fraction of sp³-hybridized carbons (Fsp3) is 0.200. The zero-order valence-electron chi connectivity index (χ0n) is 15.4. The Morgan fingerprint density at radius 3 is 2.64 bits per heavy atom. The van der Waals surface area contributed by atoms with Crippen LogP contribution < -0.4 is 9.47 Å². The zero-order chi connectivity index (χ0) is 20.3. The highest BCUT2D eigenvalue weighted by atomic mass is 16.6. The predicted octanol–water partition coefficient (Wildman–Crippen LogP) is 4.05. The first-order valence-electron chi connectivity index (χ1n) is 8.72. The van der Waals surface area contributed by atoms with E-state index in [2.05, 4.69) is 0 Å². The molecule has 0 spiro atoms. The highest BCUT2D eigenvalue weighted by Gasteiger charge is 2.28. The number of carbonyl (C=O) groups is 2. The smallest absolute Gasteiger partial charge is 0.415 e. The number of Topliss-reactive ketones (excluding diaryl/α,β-unsaturated/α-hetero) is 1. The first kappa shape index (κ1) is 19.1. The number of nitro groups is 1. The molecule has 8 nitrogen and oxygen atoms in total. The summed E-state index contributed by atoms with van der Waals surface area (Å²) in [6, 6.07) is 10.4. The predicted molar refractivity (Wildman–Crippen MR) is 101 cm³/mol. The van der Waals surface area contributed by atoms with Crippen molar-refractivity contribution in [2.24, 2.45) is 0 Å². The van der Waals surface area contributed by atoms with E-state index in [9.17, 15) is 19.7 Å². The summed E-state index contributed by atoms with van der Waals surface area (Å²) in [6.45, 7) is 4.73. The van der Waals surface area contributed by atoms with Gasteiger partial charge in [0.15, 0.2) is 5.76 Å². The summed E-state index contributed by atoms with van der Waals surface area (Å²) in [4.78, 5) is 36.5. The molecule has 0 N–H and O–H groups in total. The molecule has 8 heteroatoms. The quantitative estimate of drug-likeness (QED) is 0.439. The number of nitrogens with zero attached hydrogens (tertiary/aromatic N) is 2. The summed E-state index contributed by atoms with van der Waals surface area (Å²) in [5.41, 5.74) is 0.723. The fourth-order valence-corrected chi connectivity index (χ4v) is 2.76.